The molecule has 2 aliphatic heterocycles. The van der Waals surface area contributed by atoms with Gasteiger partial charge in [-0.15, -0.1) is 0 Å². The molecule has 3 rings (SSSR count). The molecule has 0 bridgehead atoms. The first-order valence-corrected chi connectivity index (χ1v) is 9.07. The van der Waals surface area contributed by atoms with Crippen LogP contribution in [-0.2, 0) is 20.7 Å². The number of hydrogen-bond donors (Lipinski definition) is 0. The summed E-state index contributed by atoms with van der Waals surface area (Å²) in [4.78, 5) is 17.0. The molecule has 0 radical (unpaired) electrons. The standard InChI is InChI=1S/C19H28N2O4/c1-23-17-5-2-4-16(12-17)13-19(22)21-7-3-6-20(8-9-21)14-18-15-24-10-11-25-18/h2,4-5,12,18H,3,6-11,13-15H2,1H3. The summed E-state index contributed by atoms with van der Waals surface area (Å²) in [6.45, 7) is 6.43. The normalized spacial score (nSPS) is 22.4. The molecule has 1 aromatic carbocycles. The van der Waals surface area contributed by atoms with E-state index in [1.165, 1.54) is 0 Å². The zero-order chi connectivity index (χ0) is 17.5. The molecule has 6 heteroatoms. The molecule has 2 saturated heterocycles. The van der Waals surface area contributed by atoms with E-state index in [9.17, 15) is 4.79 Å². The lowest BCUT2D eigenvalue weighted by molar-refractivity contribution is -0.130. The number of amides is 1. The van der Waals surface area contributed by atoms with Crippen molar-refractivity contribution >= 4 is 5.91 Å². The van der Waals surface area contributed by atoms with E-state index in [-0.39, 0.29) is 12.0 Å². The quantitative estimate of drug-likeness (QED) is 0.800. The van der Waals surface area contributed by atoms with Gasteiger partial charge in [0, 0.05) is 26.2 Å². The summed E-state index contributed by atoms with van der Waals surface area (Å²) in [5.74, 6) is 0.981. The van der Waals surface area contributed by atoms with Crippen molar-refractivity contribution in [3.8, 4) is 5.75 Å². The van der Waals surface area contributed by atoms with Crippen LogP contribution in [0.2, 0.25) is 0 Å². The number of rotatable bonds is 5. The maximum Gasteiger partial charge on any atom is 0.227 e. The molecule has 0 aromatic heterocycles. The molecule has 1 unspecified atom stereocenters. The van der Waals surface area contributed by atoms with Gasteiger partial charge in [-0.25, -0.2) is 0 Å². The molecule has 0 N–H and O–H groups in total. The Hall–Kier alpha value is -1.63. The van der Waals surface area contributed by atoms with Crippen molar-refractivity contribution in [1.82, 2.24) is 9.80 Å². The minimum Gasteiger partial charge on any atom is -0.497 e. The predicted molar refractivity (Wildman–Crippen MR) is 94.9 cm³/mol. The summed E-state index contributed by atoms with van der Waals surface area (Å²) in [6.07, 6.45) is 1.58. The van der Waals surface area contributed by atoms with E-state index in [4.69, 9.17) is 14.2 Å². The SMILES string of the molecule is COc1cccc(CC(=O)N2CCCN(CC3COCCO3)CC2)c1. The molecule has 2 fully saturated rings. The molecule has 0 aliphatic carbocycles. The van der Waals surface area contributed by atoms with Gasteiger partial charge in [0.05, 0.1) is 39.5 Å². The second-order valence-electron chi connectivity index (χ2n) is 6.63. The molecule has 1 aromatic rings. The number of hydrogen-bond acceptors (Lipinski definition) is 5. The van der Waals surface area contributed by atoms with Gasteiger partial charge in [-0.3, -0.25) is 9.69 Å². The van der Waals surface area contributed by atoms with Crippen LogP contribution in [0.5, 0.6) is 5.75 Å². The fraction of sp³-hybridized carbons (Fsp3) is 0.632. The van der Waals surface area contributed by atoms with Crippen molar-refractivity contribution in [3.63, 3.8) is 0 Å². The topological polar surface area (TPSA) is 51.2 Å². The third kappa shape index (κ3) is 5.42. The zero-order valence-corrected chi connectivity index (χ0v) is 15.0. The van der Waals surface area contributed by atoms with Crippen LogP contribution in [0.4, 0.5) is 0 Å². The molecule has 2 aliphatic rings. The first-order valence-electron chi connectivity index (χ1n) is 9.07. The first kappa shape index (κ1) is 18.2. The molecule has 6 nitrogen and oxygen atoms in total. The van der Waals surface area contributed by atoms with E-state index in [0.29, 0.717) is 26.2 Å². The Balaban J connectivity index is 1.48. The number of carbonyl (C=O) groups is 1. The third-order valence-electron chi connectivity index (χ3n) is 4.78. The predicted octanol–water partition coefficient (Wildman–Crippen LogP) is 1.19. The number of ether oxygens (including phenoxy) is 3. The van der Waals surface area contributed by atoms with Gasteiger partial charge in [-0.2, -0.15) is 0 Å². The van der Waals surface area contributed by atoms with E-state index < -0.39 is 0 Å². The summed E-state index contributed by atoms with van der Waals surface area (Å²) in [7, 11) is 1.64. The lowest BCUT2D eigenvalue weighted by Crippen LogP contribution is -2.42. The Labute approximate surface area is 149 Å². The third-order valence-corrected chi connectivity index (χ3v) is 4.78. The van der Waals surface area contributed by atoms with Gasteiger partial charge in [0.25, 0.3) is 0 Å². The van der Waals surface area contributed by atoms with Crippen molar-refractivity contribution in [1.29, 1.82) is 0 Å². The first-order chi connectivity index (χ1) is 12.2. The number of benzene rings is 1. The summed E-state index contributed by atoms with van der Waals surface area (Å²) in [5.41, 5.74) is 0.998. The molecular formula is C19H28N2O4. The molecular weight excluding hydrogens is 320 g/mol. The van der Waals surface area contributed by atoms with Crippen molar-refractivity contribution in [3.05, 3.63) is 29.8 Å². The highest BCUT2D eigenvalue weighted by Gasteiger charge is 2.23. The molecule has 1 amide bonds. The Kier molecular flexibility index (Phi) is 6.67. The van der Waals surface area contributed by atoms with Crippen LogP contribution in [0, 0.1) is 0 Å². The average molecular weight is 348 g/mol. The Morgan fingerprint density at radius 3 is 2.96 bits per heavy atom. The van der Waals surface area contributed by atoms with Crippen LogP contribution in [-0.4, -0.2) is 81.5 Å². The van der Waals surface area contributed by atoms with Crippen molar-refractivity contribution < 1.29 is 19.0 Å². The average Bonchev–Trinajstić information content (AvgIpc) is 2.88. The minimum atomic E-state index is 0.160. The number of carbonyl (C=O) groups excluding carboxylic acids is 1. The second-order valence-corrected chi connectivity index (χ2v) is 6.63. The van der Waals surface area contributed by atoms with Gasteiger partial charge < -0.3 is 19.1 Å². The van der Waals surface area contributed by atoms with Crippen LogP contribution < -0.4 is 4.74 Å². The van der Waals surface area contributed by atoms with E-state index in [2.05, 4.69) is 4.90 Å². The lowest BCUT2D eigenvalue weighted by Gasteiger charge is -2.29. The van der Waals surface area contributed by atoms with Crippen LogP contribution in [0.25, 0.3) is 0 Å². The van der Waals surface area contributed by atoms with Gasteiger partial charge in [-0.1, -0.05) is 12.1 Å². The highest BCUT2D eigenvalue weighted by molar-refractivity contribution is 5.79. The smallest absolute Gasteiger partial charge is 0.227 e. The Morgan fingerprint density at radius 1 is 1.24 bits per heavy atom. The fourth-order valence-corrected chi connectivity index (χ4v) is 3.40. The Morgan fingerprint density at radius 2 is 2.16 bits per heavy atom. The van der Waals surface area contributed by atoms with Crippen LogP contribution in [0.15, 0.2) is 24.3 Å². The van der Waals surface area contributed by atoms with Crippen molar-refractivity contribution in [2.75, 3.05) is 59.7 Å². The van der Waals surface area contributed by atoms with Crippen molar-refractivity contribution in [2.24, 2.45) is 0 Å². The van der Waals surface area contributed by atoms with Gasteiger partial charge in [0.1, 0.15) is 5.75 Å². The fourth-order valence-electron chi connectivity index (χ4n) is 3.40. The molecule has 0 saturated carbocycles. The zero-order valence-electron chi connectivity index (χ0n) is 15.0. The van der Waals surface area contributed by atoms with E-state index in [1.807, 2.05) is 29.2 Å². The number of methoxy groups -OCH3 is 1. The molecule has 1 atom stereocenters. The van der Waals surface area contributed by atoms with Gasteiger partial charge in [0.2, 0.25) is 5.91 Å². The van der Waals surface area contributed by atoms with Crippen LogP contribution >= 0.6 is 0 Å². The molecule has 2 heterocycles. The molecule has 138 valence electrons. The maximum absolute atomic E-state index is 12.6. The van der Waals surface area contributed by atoms with Crippen molar-refractivity contribution in [2.45, 2.75) is 18.9 Å². The van der Waals surface area contributed by atoms with Gasteiger partial charge >= 0.3 is 0 Å². The minimum absolute atomic E-state index is 0.160. The van der Waals surface area contributed by atoms with E-state index in [1.54, 1.807) is 7.11 Å². The molecule has 25 heavy (non-hydrogen) atoms. The van der Waals surface area contributed by atoms with E-state index in [0.717, 1.165) is 50.5 Å². The largest absolute Gasteiger partial charge is 0.497 e. The maximum atomic E-state index is 12.6. The highest BCUT2D eigenvalue weighted by Crippen LogP contribution is 2.15. The summed E-state index contributed by atoms with van der Waals surface area (Å²) >= 11 is 0. The summed E-state index contributed by atoms with van der Waals surface area (Å²) in [6, 6.07) is 7.74. The van der Waals surface area contributed by atoms with Crippen LogP contribution in [0.3, 0.4) is 0 Å². The summed E-state index contributed by atoms with van der Waals surface area (Å²) in [5, 5.41) is 0. The second kappa shape index (κ2) is 9.17. The number of nitrogens with zero attached hydrogens (tertiary/aromatic N) is 2. The van der Waals surface area contributed by atoms with Gasteiger partial charge in [-0.05, 0) is 30.7 Å². The highest BCUT2D eigenvalue weighted by atomic mass is 16.6. The monoisotopic (exact) mass is 348 g/mol. The Bertz CT molecular complexity index is 560. The summed E-state index contributed by atoms with van der Waals surface area (Å²) < 4.78 is 16.4. The van der Waals surface area contributed by atoms with E-state index >= 15 is 0 Å². The van der Waals surface area contributed by atoms with Crippen LogP contribution in [0.1, 0.15) is 12.0 Å². The molecule has 0 spiro atoms. The van der Waals surface area contributed by atoms with Gasteiger partial charge in [0.15, 0.2) is 0 Å². The lowest BCUT2D eigenvalue weighted by atomic mass is 10.1.